The van der Waals surface area contributed by atoms with Crippen LogP contribution in [0, 0.1) is 11.7 Å². The van der Waals surface area contributed by atoms with Crippen LogP contribution in [0.25, 0.3) is 0 Å². The fourth-order valence-electron chi connectivity index (χ4n) is 1.77. The van der Waals surface area contributed by atoms with E-state index in [0.29, 0.717) is 18.0 Å². The highest BCUT2D eigenvalue weighted by Crippen LogP contribution is 2.15. The van der Waals surface area contributed by atoms with Crippen LogP contribution in [-0.4, -0.2) is 29.0 Å². The van der Waals surface area contributed by atoms with Crippen LogP contribution in [0.2, 0.25) is 0 Å². The van der Waals surface area contributed by atoms with Crippen LogP contribution in [0.5, 0.6) is 0 Å². The van der Waals surface area contributed by atoms with Gasteiger partial charge in [0.15, 0.2) is 0 Å². The monoisotopic (exact) mass is 253 g/mol. The molecule has 4 heteroatoms. The Bertz CT molecular complexity index is 389. The van der Waals surface area contributed by atoms with E-state index in [-0.39, 0.29) is 18.3 Å². The van der Waals surface area contributed by atoms with Gasteiger partial charge in [-0.05, 0) is 23.6 Å². The Morgan fingerprint density at radius 2 is 1.83 bits per heavy atom. The van der Waals surface area contributed by atoms with Crippen molar-refractivity contribution >= 4 is 5.91 Å². The molecule has 0 saturated heterocycles. The molecule has 0 fully saturated rings. The highest BCUT2D eigenvalue weighted by molar-refractivity contribution is 5.73. The van der Waals surface area contributed by atoms with Gasteiger partial charge in [-0.3, -0.25) is 4.79 Å². The molecule has 1 amide bonds. The highest BCUT2D eigenvalue weighted by Gasteiger charge is 2.16. The summed E-state index contributed by atoms with van der Waals surface area (Å²) in [5, 5.41) is 10.0. The molecule has 0 aliphatic heterocycles. The van der Waals surface area contributed by atoms with Crippen molar-refractivity contribution in [2.24, 2.45) is 5.92 Å². The average molecular weight is 253 g/mol. The van der Waals surface area contributed by atoms with Gasteiger partial charge < -0.3 is 10.0 Å². The Hall–Kier alpha value is -1.42. The summed E-state index contributed by atoms with van der Waals surface area (Å²) in [6.07, 6.45) is -0.784. The van der Waals surface area contributed by atoms with Gasteiger partial charge in [0.05, 0.1) is 12.6 Å². The number of carbonyl (C=O) groups is 1. The van der Waals surface area contributed by atoms with Gasteiger partial charge in [-0.1, -0.05) is 26.0 Å². The lowest BCUT2D eigenvalue weighted by Crippen LogP contribution is -2.35. The summed E-state index contributed by atoms with van der Waals surface area (Å²) in [5.74, 6) is -0.0595. The fraction of sp³-hybridized carbons (Fsp3) is 0.500. The van der Waals surface area contributed by atoms with Crippen molar-refractivity contribution in [3.05, 3.63) is 35.6 Å². The fourth-order valence-corrected chi connectivity index (χ4v) is 1.77. The van der Waals surface area contributed by atoms with E-state index in [1.807, 2.05) is 13.8 Å². The first-order valence-corrected chi connectivity index (χ1v) is 6.09. The molecular formula is C14H20FNO2. The molecule has 0 saturated carbocycles. The van der Waals surface area contributed by atoms with Crippen molar-refractivity contribution in [2.45, 2.75) is 26.9 Å². The lowest BCUT2D eigenvalue weighted by Gasteiger charge is -2.26. The number of halogens is 1. The predicted molar refractivity (Wildman–Crippen MR) is 68.5 cm³/mol. The molecule has 0 aliphatic rings. The molecule has 1 unspecified atom stereocenters. The molecule has 1 atom stereocenters. The van der Waals surface area contributed by atoms with Gasteiger partial charge in [-0.2, -0.15) is 0 Å². The lowest BCUT2D eigenvalue weighted by molar-refractivity contribution is -0.130. The number of aliphatic hydroxyl groups is 1. The minimum atomic E-state index is -0.784. The number of aliphatic hydroxyl groups excluding tert-OH is 1. The first kappa shape index (κ1) is 14.6. The van der Waals surface area contributed by atoms with Crippen LogP contribution >= 0.6 is 0 Å². The number of hydrogen-bond donors (Lipinski definition) is 1. The maximum atomic E-state index is 12.8. The predicted octanol–water partition coefficient (Wildman–Crippen LogP) is 2.36. The second-order valence-corrected chi connectivity index (χ2v) is 4.89. The number of hydrogen-bond acceptors (Lipinski definition) is 2. The van der Waals surface area contributed by atoms with E-state index in [1.54, 1.807) is 4.90 Å². The lowest BCUT2D eigenvalue weighted by atomic mass is 10.1. The number of amides is 1. The van der Waals surface area contributed by atoms with E-state index in [9.17, 15) is 14.3 Å². The molecule has 1 aromatic carbocycles. The SMILES string of the molecule is CC(=O)N(CC(C)C)CC(O)c1ccc(F)cc1. The smallest absolute Gasteiger partial charge is 0.219 e. The Labute approximate surface area is 107 Å². The zero-order valence-electron chi connectivity index (χ0n) is 11.1. The zero-order chi connectivity index (χ0) is 13.7. The van der Waals surface area contributed by atoms with Gasteiger partial charge >= 0.3 is 0 Å². The molecule has 3 nitrogen and oxygen atoms in total. The first-order valence-electron chi connectivity index (χ1n) is 6.09. The first-order chi connectivity index (χ1) is 8.40. The van der Waals surface area contributed by atoms with E-state index in [0.717, 1.165) is 0 Å². The number of carbonyl (C=O) groups excluding carboxylic acids is 1. The number of benzene rings is 1. The Balaban J connectivity index is 2.68. The average Bonchev–Trinajstić information content (AvgIpc) is 2.28. The van der Waals surface area contributed by atoms with E-state index in [1.165, 1.54) is 31.2 Å². The second-order valence-electron chi connectivity index (χ2n) is 4.89. The molecule has 0 spiro atoms. The Kier molecular flexibility index (Phi) is 5.28. The minimum absolute atomic E-state index is 0.0649. The van der Waals surface area contributed by atoms with Crippen LogP contribution in [0.3, 0.4) is 0 Å². The molecular weight excluding hydrogens is 233 g/mol. The zero-order valence-corrected chi connectivity index (χ0v) is 11.1. The summed E-state index contributed by atoms with van der Waals surface area (Å²) in [4.78, 5) is 13.1. The maximum absolute atomic E-state index is 12.8. The molecule has 0 aromatic heterocycles. The van der Waals surface area contributed by atoms with Crippen molar-refractivity contribution in [2.75, 3.05) is 13.1 Å². The van der Waals surface area contributed by atoms with Crippen LogP contribution in [0.15, 0.2) is 24.3 Å². The van der Waals surface area contributed by atoms with Gasteiger partial charge in [0.25, 0.3) is 0 Å². The Morgan fingerprint density at radius 1 is 1.28 bits per heavy atom. The molecule has 0 aliphatic carbocycles. The molecule has 0 radical (unpaired) electrons. The summed E-state index contributed by atoms with van der Waals surface area (Å²) >= 11 is 0. The summed E-state index contributed by atoms with van der Waals surface area (Å²) in [7, 11) is 0. The van der Waals surface area contributed by atoms with Crippen LogP contribution in [0.1, 0.15) is 32.4 Å². The normalized spacial score (nSPS) is 12.6. The topological polar surface area (TPSA) is 40.5 Å². The summed E-state index contributed by atoms with van der Waals surface area (Å²) in [5.41, 5.74) is 0.617. The van der Waals surface area contributed by atoms with Gasteiger partial charge in [0.2, 0.25) is 5.91 Å². The molecule has 0 heterocycles. The van der Waals surface area contributed by atoms with Gasteiger partial charge in [-0.25, -0.2) is 4.39 Å². The van der Waals surface area contributed by atoms with Crippen molar-refractivity contribution < 1.29 is 14.3 Å². The van der Waals surface area contributed by atoms with Crippen LogP contribution in [-0.2, 0) is 4.79 Å². The van der Waals surface area contributed by atoms with Crippen molar-refractivity contribution in [3.8, 4) is 0 Å². The summed E-state index contributed by atoms with van der Waals surface area (Å²) in [6.45, 7) is 6.35. The maximum Gasteiger partial charge on any atom is 0.219 e. The van der Waals surface area contributed by atoms with E-state index < -0.39 is 6.10 Å². The third-order valence-electron chi connectivity index (χ3n) is 2.68. The van der Waals surface area contributed by atoms with Crippen LogP contribution < -0.4 is 0 Å². The Morgan fingerprint density at radius 3 is 2.28 bits per heavy atom. The van der Waals surface area contributed by atoms with Crippen molar-refractivity contribution in [3.63, 3.8) is 0 Å². The quantitative estimate of drug-likeness (QED) is 0.875. The molecule has 0 bridgehead atoms. The van der Waals surface area contributed by atoms with E-state index >= 15 is 0 Å². The number of nitrogens with zero attached hydrogens (tertiary/aromatic N) is 1. The third-order valence-corrected chi connectivity index (χ3v) is 2.68. The van der Waals surface area contributed by atoms with Crippen LogP contribution in [0.4, 0.5) is 4.39 Å². The standard InChI is InChI=1S/C14H20FNO2/c1-10(2)8-16(11(3)17)9-14(18)12-4-6-13(15)7-5-12/h4-7,10,14,18H,8-9H2,1-3H3. The highest BCUT2D eigenvalue weighted by atomic mass is 19.1. The molecule has 1 N–H and O–H groups in total. The van der Waals surface area contributed by atoms with E-state index in [2.05, 4.69) is 0 Å². The van der Waals surface area contributed by atoms with Gasteiger partial charge in [0, 0.05) is 13.5 Å². The third kappa shape index (κ3) is 4.45. The second kappa shape index (κ2) is 6.50. The molecule has 1 rings (SSSR count). The molecule has 18 heavy (non-hydrogen) atoms. The number of rotatable bonds is 5. The molecule has 100 valence electrons. The van der Waals surface area contributed by atoms with Gasteiger partial charge in [0.1, 0.15) is 5.82 Å². The minimum Gasteiger partial charge on any atom is -0.387 e. The largest absolute Gasteiger partial charge is 0.387 e. The molecule has 1 aromatic rings. The van der Waals surface area contributed by atoms with Gasteiger partial charge in [-0.15, -0.1) is 0 Å². The van der Waals surface area contributed by atoms with E-state index in [4.69, 9.17) is 0 Å². The van der Waals surface area contributed by atoms with Crippen molar-refractivity contribution in [1.29, 1.82) is 0 Å². The summed E-state index contributed by atoms with van der Waals surface area (Å²) < 4.78 is 12.8. The summed E-state index contributed by atoms with van der Waals surface area (Å²) in [6, 6.07) is 5.68. The van der Waals surface area contributed by atoms with Crippen molar-refractivity contribution in [1.82, 2.24) is 4.90 Å².